The first kappa shape index (κ1) is 15.0. The zero-order valence-corrected chi connectivity index (χ0v) is 11.4. The highest BCUT2D eigenvalue weighted by molar-refractivity contribution is 5.31. The summed E-state index contributed by atoms with van der Waals surface area (Å²) in [6.45, 7) is 5.93. The highest BCUT2D eigenvalue weighted by Crippen LogP contribution is 2.24. The molecule has 0 radical (unpaired) electrons. The Hall–Kier alpha value is -1.10. The van der Waals surface area contributed by atoms with Crippen LogP contribution < -0.4 is 15.8 Å². The molecule has 102 valence electrons. The van der Waals surface area contributed by atoms with E-state index >= 15 is 0 Å². The molecule has 0 heterocycles. The molecule has 4 heteroatoms. The molecule has 0 aliphatic carbocycles. The number of benzene rings is 1. The van der Waals surface area contributed by atoms with Crippen molar-refractivity contribution < 1.29 is 9.84 Å². The number of aliphatic hydroxyl groups is 1. The van der Waals surface area contributed by atoms with Gasteiger partial charge in [-0.05, 0) is 17.7 Å². The van der Waals surface area contributed by atoms with Crippen molar-refractivity contribution in [3.8, 4) is 5.75 Å². The Morgan fingerprint density at radius 3 is 2.44 bits per heavy atom. The van der Waals surface area contributed by atoms with Crippen molar-refractivity contribution in [1.29, 1.82) is 0 Å². The minimum Gasteiger partial charge on any atom is -0.497 e. The van der Waals surface area contributed by atoms with Gasteiger partial charge in [-0.15, -0.1) is 0 Å². The lowest BCUT2D eigenvalue weighted by Crippen LogP contribution is -2.39. The molecule has 1 rings (SSSR count). The molecule has 0 saturated heterocycles. The molecular formula is C14H24N2O2. The smallest absolute Gasteiger partial charge is 0.118 e. The van der Waals surface area contributed by atoms with E-state index in [-0.39, 0.29) is 12.0 Å². The number of aliphatic hydroxyl groups excluding tert-OH is 1. The van der Waals surface area contributed by atoms with Crippen molar-refractivity contribution in [3.05, 3.63) is 29.8 Å². The second kappa shape index (κ2) is 6.73. The van der Waals surface area contributed by atoms with E-state index in [9.17, 15) is 5.11 Å². The van der Waals surface area contributed by atoms with Crippen LogP contribution in [0.1, 0.15) is 19.4 Å². The summed E-state index contributed by atoms with van der Waals surface area (Å²) in [4.78, 5) is 0. The number of hydrogen-bond acceptors (Lipinski definition) is 4. The molecule has 1 atom stereocenters. The lowest BCUT2D eigenvalue weighted by atomic mass is 9.84. The van der Waals surface area contributed by atoms with Crippen LogP contribution in [-0.2, 0) is 5.41 Å². The molecule has 18 heavy (non-hydrogen) atoms. The lowest BCUT2D eigenvalue weighted by Gasteiger charge is -2.26. The molecular weight excluding hydrogens is 228 g/mol. The van der Waals surface area contributed by atoms with Gasteiger partial charge in [-0.1, -0.05) is 26.0 Å². The van der Waals surface area contributed by atoms with Crippen LogP contribution in [0.15, 0.2) is 24.3 Å². The highest BCUT2D eigenvalue weighted by Gasteiger charge is 2.20. The molecule has 0 spiro atoms. The average Bonchev–Trinajstić information content (AvgIpc) is 2.38. The second-order valence-corrected chi connectivity index (χ2v) is 5.13. The standard InChI is InChI=1S/C14H24N2O2/c1-14(2,10-16-9-12(17)8-15)11-4-6-13(18-3)7-5-11/h4-7,12,16-17H,8-10,15H2,1-3H3. The van der Waals surface area contributed by atoms with Gasteiger partial charge >= 0.3 is 0 Å². The number of ether oxygens (including phenoxy) is 1. The number of nitrogens with one attached hydrogen (secondary N) is 1. The SMILES string of the molecule is COc1ccc(C(C)(C)CNCC(O)CN)cc1. The molecule has 0 bridgehead atoms. The quantitative estimate of drug-likeness (QED) is 0.674. The third-order valence-corrected chi connectivity index (χ3v) is 3.09. The molecule has 1 aromatic carbocycles. The first-order valence-electron chi connectivity index (χ1n) is 6.23. The third-order valence-electron chi connectivity index (χ3n) is 3.09. The Balaban J connectivity index is 2.56. The summed E-state index contributed by atoms with van der Waals surface area (Å²) in [5, 5.41) is 12.6. The predicted molar refractivity (Wildman–Crippen MR) is 74.0 cm³/mol. The van der Waals surface area contributed by atoms with Gasteiger partial charge in [0.15, 0.2) is 0 Å². The van der Waals surface area contributed by atoms with Gasteiger partial charge in [0.25, 0.3) is 0 Å². The largest absolute Gasteiger partial charge is 0.497 e. The van der Waals surface area contributed by atoms with E-state index < -0.39 is 6.10 Å². The van der Waals surface area contributed by atoms with E-state index in [1.807, 2.05) is 12.1 Å². The molecule has 0 aliphatic heterocycles. The van der Waals surface area contributed by atoms with Crippen LogP contribution >= 0.6 is 0 Å². The lowest BCUT2D eigenvalue weighted by molar-refractivity contribution is 0.177. The van der Waals surface area contributed by atoms with Crippen LogP contribution in [0.4, 0.5) is 0 Å². The fourth-order valence-corrected chi connectivity index (χ4v) is 1.78. The fourth-order valence-electron chi connectivity index (χ4n) is 1.78. The van der Waals surface area contributed by atoms with Crippen LogP contribution in [0.2, 0.25) is 0 Å². The van der Waals surface area contributed by atoms with Crippen molar-refractivity contribution >= 4 is 0 Å². The number of rotatable bonds is 7. The molecule has 0 saturated carbocycles. The van der Waals surface area contributed by atoms with Crippen molar-refractivity contribution in [3.63, 3.8) is 0 Å². The molecule has 0 amide bonds. The van der Waals surface area contributed by atoms with E-state index in [0.29, 0.717) is 6.54 Å². The van der Waals surface area contributed by atoms with E-state index in [2.05, 4.69) is 31.3 Å². The molecule has 0 aromatic heterocycles. The van der Waals surface area contributed by atoms with Gasteiger partial charge in [0, 0.05) is 25.0 Å². The first-order valence-corrected chi connectivity index (χ1v) is 6.23. The Labute approximate surface area is 109 Å². The third kappa shape index (κ3) is 4.29. The Bertz CT molecular complexity index is 349. The topological polar surface area (TPSA) is 67.5 Å². The minimum atomic E-state index is -0.475. The van der Waals surface area contributed by atoms with E-state index in [1.54, 1.807) is 7.11 Å². The summed E-state index contributed by atoms with van der Waals surface area (Å²) < 4.78 is 5.15. The van der Waals surface area contributed by atoms with Crippen LogP contribution in [0, 0.1) is 0 Å². The number of nitrogens with two attached hydrogens (primary N) is 1. The molecule has 0 aliphatic rings. The van der Waals surface area contributed by atoms with Gasteiger partial charge in [-0.2, -0.15) is 0 Å². The maximum atomic E-state index is 9.39. The monoisotopic (exact) mass is 252 g/mol. The summed E-state index contributed by atoms with van der Waals surface area (Å²) in [7, 11) is 1.66. The molecule has 4 nitrogen and oxygen atoms in total. The summed E-state index contributed by atoms with van der Waals surface area (Å²) in [6.07, 6.45) is -0.475. The summed E-state index contributed by atoms with van der Waals surface area (Å²) in [6, 6.07) is 8.07. The van der Waals surface area contributed by atoms with Gasteiger partial charge in [0.2, 0.25) is 0 Å². The van der Waals surface area contributed by atoms with Crippen molar-refractivity contribution in [2.45, 2.75) is 25.4 Å². The first-order chi connectivity index (χ1) is 8.49. The Morgan fingerprint density at radius 1 is 1.33 bits per heavy atom. The fraction of sp³-hybridized carbons (Fsp3) is 0.571. The van der Waals surface area contributed by atoms with Gasteiger partial charge in [-0.25, -0.2) is 0 Å². The van der Waals surface area contributed by atoms with Crippen LogP contribution in [-0.4, -0.2) is 38.0 Å². The molecule has 1 aromatic rings. The van der Waals surface area contributed by atoms with Gasteiger partial charge in [-0.3, -0.25) is 0 Å². The molecule has 1 unspecified atom stereocenters. The van der Waals surface area contributed by atoms with Crippen LogP contribution in [0.25, 0.3) is 0 Å². The van der Waals surface area contributed by atoms with Crippen molar-refractivity contribution in [2.24, 2.45) is 5.73 Å². The molecule has 0 fully saturated rings. The zero-order chi connectivity index (χ0) is 13.6. The van der Waals surface area contributed by atoms with Gasteiger partial charge in [0.1, 0.15) is 5.75 Å². The van der Waals surface area contributed by atoms with E-state index in [4.69, 9.17) is 10.5 Å². The van der Waals surface area contributed by atoms with Crippen LogP contribution in [0.3, 0.4) is 0 Å². The average molecular weight is 252 g/mol. The van der Waals surface area contributed by atoms with Gasteiger partial charge in [0.05, 0.1) is 13.2 Å². The Morgan fingerprint density at radius 2 is 1.94 bits per heavy atom. The van der Waals surface area contributed by atoms with E-state index in [0.717, 1.165) is 12.3 Å². The van der Waals surface area contributed by atoms with Crippen molar-refractivity contribution in [2.75, 3.05) is 26.7 Å². The zero-order valence-electron chi connectivity index (χ0n) is 11.4. The predicted octanol–water partition coefficient (Wildman–Crippen LogP) is 0.882. The summed E-state index contributed by atoms with van der Waals surface area (Å²) >= 11 is 0. The molecule has 4 N–H and O–H groups in total. The number of methoxy groups -OCH3 is 1. The number of hydrogen-bond donors (Lipinski definition) is 3. The highest BCUT2D eigenvalue weighted by atomic mass is 16.5. The summed E-state index contributed by atoms with van der Waals surface area (Å²) in [5.41, 5.74) is 6.60. The summed E-state index contributed by atoms with van der Waals surface area (Å²) in [5.74, 6) is 0.862. The van der Waals surface area contributed by atoms with Crippen LogP contribution in [0.5, 0.6) is 5.75 Å². The maximum absolute atomic E-state index is 9.39. The van der Waals surface area contributed by atoms with Gasteiger partial charge < -0.3 is 20.9 Å². The van der Waals surface area contributed by atoms with Crippen molar-refractivity contribution in [1.82, 2.24) is 5.32 Å². The maximum Gasteiger partial charge on any atom is 0.118 e. The van der Waals surface area contributed by atoms with E-state index in [1.165, 1.54) is 5.56 Å². The Kier molecular flexibility index (Phi) is 5.59. The minimum absolute atomic E-state index is 0.000585. The normalized spacial score (nSPS) is 13.4. The second-order valence-electron chi connectivity index (χ2n) is 5.13.